The number of fused-ring (bicyclic) bond motifs is 8. The van der Waals surface area contributed by atoms with Crippen LogP contribution in [0, 0.1) is 13.8 Å². The summed E-state index contributed by atoms with van der Waals surface area (Å²) in [7, 11) is 0. The third-order valence-electron chi connectivity index (χ3n) is 30.5. The molecular weight excluding hydrogens is 1870 g/mol. The highest BCUT2D eigenvalue weighted by atomic mass is 16.5. The van der Waals surface area contributed by atoms with E-state index in [2.05, 4.69) is 31.3 Å². The molecule has 0 radical (unpaired) electrons. The number of aryl methyl sites for hydroxylation is 2. The number of aliphatic hydroxyl groups is 4. The van der Waals surface area contributed by atoms with Gasteiger partial charge in [0.15, 0.2) is 23.8 Å². The van der Waals surface area contributed by atoms with Crippen molar-refractivity contribution in [3.63, 3.8) is 0 Å². The van der Waals surface area contributed by atoms with E-state index in [1.807, 2.05) is 154 Å². The summed E-state index contributed by atoms with van der Waals surface area (Å²) in [6.07, 6.45) is 3.11. The monoisotopic (exact) mass is 2010 g/mol. The van der Waals surface area contributed by atoms with Crippen LogP contribution in [0.3, 0.4) is 0 Å². The fourth-order valence-corrected chi connectivity index (χ4v) is 22.1. The number of nitrogens with one attached hydrogen (secondary N) is 4. The molecule has 0 unspecified atom stereocenters. The summed E-state index contributed by atoms with van der Waals surface area (Å²) in [5.74, 6) is 3.43. The molecule has 8 aromatic rings. The summed E-state index contributed by atoms with van der Waals surface area (Å²) >= 11 is 0. The number of benzene rings is 8. The highest BCUT2D eigenvalue weighted by Crippen LogP contribution is 2.50. The molecule has 147 heavy (non-hydrogen) atoms. The lowest BCUT2D eigenvalue weighted by molar-refractivity contribution is -0.133. The molecular formula is C112H136N16O19. The summed E-state index contributed by atoms with van der Waals surface area (Å²) in [5.41, 5.74) is 31.1. The van der Waals surface area contributed by atoms with Gasteiger partial charge in [0.1, 0.15) is 75.4 Å². The van der Waals surface area contributed by atoms with Crippen LogP contribution < -0.4 is 77.4 Å². The maximum absolute atomic E-state index is 13.6. The van der Waals surface area contributed by atoms with Crippen molar-refractivity contribution in [3.05, 3.63) is 241 Å². The molecule has 35 nitrogen and oxygen atoms in total. The zero-order chi connectivity index (χ0) is 105. The number of guanidine groups is 4. The maximum Gasteiger partial charge on any atom is 0.251 e. The van der Waals surface area contributed by atoms with Gasteiger partial charge >= 0.3 is 0 Å². The zero-order valence-electron chi connectivity index (χ0n) is 86.3. The first-order valence-corrected chi connectivity index (χ1v) is 50.8. The number of carbonyl (C=O) groups is 8. The zero-order valence-corrected chi connectivity index (χ0v) is 86.3. The molecule has 8 aromatic carbocycles. The van der Waals surface area contributed by atoms with Crippen molar-refractivity contribution in [1.29, 1.82) is 0 Å². The van der Waals surface area contributed by atoms with Crippen LogP contribution in [0.25, 0.3) is 0 Å². The molecule has 12 atom stereocenters. The molecule has 8 amide bonds. The first-order chi connectivity index (χ1) is 69.7. The van der Waals surface area contributed by atoms with E-state index in [4.69, 9.17) is 66.1 Å². The van der Waals surface area contributed by atoms with Crippen LogP contribution in [0.5, 0.6) is 40.2 Å². The Morgan fingerprint density at radius 1 is 0.340 bits per heavy atom. The molecule has 0 bridgehead atoms. The molecule has 12 aliphatic rings. The van der Waals surface area contributed by atoms with E-state index in [-0.39, 0.29) is 108 Å². The summed E-state index contributed by atoms with van der Waals surface area (Å²) in [5, 5.41) is 55.8. The summed E-state index contributed by atoms with van der Waals surface area (Å²) in [6.45, 7) is 32.0. The first-order valence-electron chi connectivity index (χ1n) is 50.8. The molecule has 0 saturated heterocycles. The number of nitrogens with zero attached hydrogens (tertiary/aromatic N) is 8. The van der Waals surface area contributed by atoms with Crippen molar-refractivity contribution in [2.75, 3.05) is 26.4 Å². The second-order valence-corrected chi connectivity index (χ2v) is 43.1. The lowest BCUT2D eigenvalue weighted by atomic mass is 9.85. The molecule has 20 rings (SSSR count). The number of hydrogen-bond acceptors (Lipinski definition) is 27. The Morgan fingerprint density at radius 2 is 0.619 bits per heavy atom. The Hall–Kier alpha value is -14.2. The summed E-state index contributed by atoms with van der Waals surface area (Å²) < 4.78 is 41.4. The van der Waals surface area contributed by atoms with Crippen LogP contribution >= 0.6 is 0 Å². The smallest absolute Gasteiger partial charge is 0.251 e. The van der Waals surface area contributed by atoms with E-state index >= 15 is 0 Å². The third-order valence-corrected chi connectivity index (χ3v) is 30.5. The molecule has 35 heteroatoms. The van der Waals surface area contributed by atoms with E-state index in [1.54, 1.807) is 124 Å². The standard InChI is InChI=1S/2C30H38N4O5.C27H32N4O5.C25H28N4O4/c2*1-6-30(7-2)16-24(35)34(28(31)33-30)21-12-13-38-22-11-9-18(15-19(21)22)27(37)32-25-20-14-17(3)8-10-23(20)39-29(4,5)26(25)36;1-26(2)14-21(32)31(25(28)30-26)18-11-12-35-19-10-9-15(13-17(18)19)24(34)29-22-16-7-5-6-8-20(16)36-27(3,4)23(22)33;1-25(2)13-21(31)29(24(26)28-25)18-9-10-33-20-8-7-15(11-17(18)20)23(32)27-22-16-6-4-3-5-14(16)12-19(22)30/h2*8-11,14-15,21,25-26,36H,6-7,12-13,16H2,1-5H3,(H2,31,33)(H,32,37);5-10,13,18,22-23,33H,11-12,14H2,1-4H3,(H2,28,30)(H,29,34);3-8,11,18-19,22,30H,9-10,12-13H2,1-2H3,(H2,26,28)(H,27,32)/t21-,25+,26-;21-,25-,26+;18-,22-,23+;18-,19-,22-/m1111/s1. The van der Waals surface area contributed by atoms with Gasteiger partial charge in [0, 0.05) is 93.3 Å². The van der Waals surface area contributed by atoms with Crippen molar-refractivity contribution in [1.82, 2.24) is 40.9 Å². The van der Waals surface area contributed by atoms with E-state index in [9.17, 15) is 58.8 Å². The normalized spacial score (nSPS) is 25.4. The molecule has 11 heterocycles. The van der Waals surface area contributed by atoms with Crippen LogP contribution in [0.15, 0.2) is 178 Å². The molecule has 0 saturated carbocycles. The SMILES string of the molecule is CC1(C)CC(=O)N([C@@H]2CCOc3ccc(C(=O)N[C@@H]4c5ccccc5C[C@H]4O)cc32)C(N)=N1.CC1(C)CC(=O)N([C@@H]2CCOc3ccc(C(=O)N[C@@H]4c5ccccc5OC(C)(C)[C@H]4O)cc32)C(N)=N1.CCC1(CC)CC(=O)N([C@@H]2CCOc3ccc(C(=O)N[C@@H]4c5cc(C)ccc5OC(C)(C)[C@H]4O)cc32)C(N)=N1.CCC1(CC)CC(=O)N([C@@H]2CCOc3ccc(C(=O)N[C@H]4c5cc(C)ccc5OC(C)(C)[C@@H]4O)cc32)C(N)=N1. The summed E-state index contributed by atoms with van der Waals surface area (Å²) in [6, 6.07) is 43.3. The van der Waals surface area contributed by atoms with Crippen LogP contribution in [0.4, 0.5) is 0 Å². The fraction of sp³-hybridized carbons (Fsp3) is 0.464. The van der Waals surface area contributed by atoms with Gasteiger partial charge in [-0.3, -0.25) is 58.0 Å². The third kappa shape index (κ3) is 20.8. The molecule has 0 fully saturated rings. The Balaban J connectivity index is 0.000000134. The second-order valence-electron chi connectivity index (χ2n) is 43.1. The molecule has 0 spiro atoms. The lowest BCUT2D eigenvalue weighted by Crippen LogP contribution is -2.53. The maximum atomic E-state index is 13.6. The minimum Gasteiger partial charge on any atom is -0.493 e. The van der Waals surface area contributed by atoms with Gasteiger partial charge in [0.25, 0.3) is 23.6 Å². The number of rotatable bonds is 16. The second kappa shape index (κ2) is 40.6. The first kappa shape index (κ1) is 104. The van der Waals surface area contributed by atoms with Crippen molar-refractivity contribution in [2.45, 2.75) is 306 Å². The predicted octanol–water partition coefficient (Wildman–Crippen LogP) is 12.9. The van der Waals surface area contributed by atoms with Gasteiger partial charge in [-0.15, -0.1) is 0 Å². The minimum absolute atomic E-state index is 0.0709. The van der Waals surface area contributed by atoms with Crippen LogP contribution in [0.2, 0.25) is 0 Å². The molecule has 1 aliphatic carbocycles. The van der Waals surface area contributed by atoms with Gasteiger partial charge in [0.2, 0.25) is 23.6 Å². The van der Waals surface area contributed by atoms with Crippen molar-refractivity contribution < 1.29 is 91.9 Å². The van der Waals surface area contributed by atoms with E-state index < -0.39 is 87.5 Å². The van der Waals surface area contributed by atoms with Gasteiger partial charge in [-0.2, -0.15) is 0 Å². The van der Waals surface area contributed by atoms with E-state index in [1.165, 1.54) is 9.80 Å². The number of nitrogens with two attached hydrogens (primary N) is 4. The largest absolute Gasteiger partial charge is 0.493 e. The molecule has 16 N–H and O–H groups in total. The Labute approximate surface area is 856 Å². The topological polar surface area (TPSA) is 497 Å². The van der Waals surface area contributed by atoms with Gasteiger partial charge < -0.3 is 97.8 Å². The summed E-state index contributed by atoms with van der Waals surface area (Å²) in [4.78, 5) is 131. The number of carbonyl (C=O) groups excluding carboxylic acids is 8. The lowest BCUT2D eigenvalue weighted by Gasteiger charge is -2.42. The molecule has 0 aromatic heterocycles. The molecule has 11 aliphatic heterocycles. The van der Waals surface area contributed by atoms with Crippen LogP contribution in [-0.2, 0) is 25.6 Å². The fourth-order valence-electron chi connectivity index (χ4n) is 22.1. The van der Waals surface area contributed by atoms with Gasteiger partial charge in [-0.1, -0.05) is 106 Å². The van der Waals surface area contributed by atoms with E-state index in [0.717, 1.165) is 64.6 Å². The number of aliphatic imine (C=N–C) groups is 4. The number of aliphatic hydroxyl groups excluding tert-OH is 4. The highest BCUT2D eigenvalue weighted by Gasteiger charge is 2.52. The minimum atomic E-state index is -0.969. The number of amides is 8. The average Bonchev–Trinajstić information content (AvgIpc) is 1.75. The van der Waals surface area contributed by atoms with Crippen LogP contribution in [0.1, 0.15) is 325 Å². The van der Waals surface area contributed by atoms with Crippen molar-refractivity contribution in [2.24, 2.45) is 42.9 Å². The van der Waals surface area contributed by atoms with Gasteiger partial charge in [-0.25, -0.2) is 20.0 Å². The predicted molar refractivity (Wildman–Crippen MR) is 552 cm³/mol. The Kier molecular flexibility index (Phi) is 28.8. The number of para-hydroxylation sites is 1. The number of ether oxygens (including phenoxy) is 7. The van der Waals surface area contributed by atoms with Gasteiger partial charge in [-0.05, 0) is 211 Å². The quantitative estimate of drug-likeness (QED) is 0.0427. The van der Waals surface area contributed by atoms with Gasteiger partial charge in [0.05, 0.1) is 129 Å². The number of hydrogen-bond donors (Lipinski definition) is 12. The Bertz CT molecular complexity index is 6430. The highest BCUT2D eigenvalue weighted by molar-refractivity contribution is 6.04. The average molecular weight is 2010 g/mol. The van der Waals surface area contributed by atoms with E-state index in [0.29, 0.717) is 156 Å². The molecule has 778 valence electrons. The Morgan fingerprint density at radius 3 is 0.939 bits per heavy atom. The van der Waals surface area contributed by atoms with Crippen molar-refractivity contribution in [3.8, 4) is 40.2 Å². The van der Waals surface area contributed by atoms with Crippen LogP contribution in [-0.4, -0.2) is 201 Å². The van der Waals surface area contributed by atoms with Crippen molar-refractivity contribution >= 4 is 71.1 Å².